The van der Waals surface area contributed by atoms with Gasteiger partial charge in [0.15, 0.2) is 0 Å². The van der Waals surface area contributed by atoms with E-state index < -0.39 is 74.5 Å². The Kier molecular flexibility index (Phi) is 30.8. The predicted molar refractivity (Wildman–Crippen MR) is 227 cm³/mol. The highest BCUT2D eigenvalue weighted by atomic mass is 16.6. The first kappa shape index (κ1) is 52.6. The molecule has 57 heavy (non-hydrogen) atoms. The predicted octanol–water partition coefficient (Wildman–Crippen LogP) is 6.10. The summed E-state index contributed by atoms with van der Waals surface area (Å²) in [5.74, 6) is -5.06. The van der Waals surface area contributed by atoms with Crippen molar-refractivity contribution in [2.45, 2.75) is 211 Å². The van der Waals surface area contributed by atoms with Crippen LogP contribution in [-0.4, -0.2) is 106 Å². The fourth-order valence-corrected chi connectivity index (χ4v) is 7.62. The molecular weight excluding hydrogens is 727 g/mol. The average Bonchev–Trinajstić information content (AvgIpc) is 3.21. The van der Waals surface area contributed by atoms with Crippen molar-refractivity contribution in [3.05, 3.63) is 12.2 Å². The van der Waals surface area contributed by atoms with Crippen molar-refractivity contribution in [3.8, 4) is 0 Å². The molecule has 0 aliphatic carbocycles. The second-order valence-electron chi connectivity index (χ2n) is 15.9. The third-order valence-corrected chi connectivity index (χ3v) is 11.0. The summed E-state index contributed by atoms with van der Waals surface area (Å²) in [7, 11) is 0. The van der Waals surface area contributed by atoms with E-state index in [0.717, 1.165) is 64.2 Å². The van der Waals surface area contributed by atoms with E-state index in [2.05, 4.69) is 31.3 Å². The van der Waals surface area contributed by atoms with E-state index in [1.165, 1.54) is 88.4 Å². The maximum absolute atomic E-state index is 14.3. The van der Waals surface area contributed by atoms with E-state index in [4.69, 9.17) is 16.2 Å². The van der Waals surface area contributed by atoms with Crippen LogP contribution in [0.25, 0.3) is 0 Å². The highest BCUT2D eigenvalue weighted by Gasteiger charge is 2.57. The van der Waals surface area contributed by atoms with E-state index in [0.29, 0.717) is 17.7 Å². The van der Waals surface area contributed by atoms with Gasteiger partial charge in [-0.25, -0.2) is 4.90 Å². The van der Waals surface area contributed by atoms with Gasteiger partial charge in [0.25, 0.3) is 5.91 Å². The number of hydrogen-bond acceptors (Lipinski definition) is 10. The molecule has 0 aromatic rings. The number of nitrogens with two attached hydrogens (primary N) is 2. The maximum atomic E-state index is 14.3. The molecule has 332 valence electrons. The topological polar surface area (TPSA) is 209 Å². The standard InChI is InChI=1S/C44H83N5O8/c1-3-5-7-9-11-13-15-17-18-19-20-22-24-26-28-30-40(53)48(31-29-27-25-23-21-16-14-12-10-8-6-4-2)44(32-37(51)43(56)38(36-50)57-44)49(41(54)34-46)42(55)35-47-39(52)33-45/h17-18,37-38,43,50-51,56H,3-16,19-36,45-46H2,1-2H3,(H,47,52)/b18-17-/t37-,38-,43+,44-/m1/s1. The Morgan fingerprint density at radius 3 is 1.61 bits per heavy atom. The van der Waals surface area contributed by atoms with Gasteiger partial charge in [-0.2, -0.15) is 0 Å². The summed E-state index contributed by atoms with van der Waals surface area (Å²) in [6, 6.07) is 0. The molecule has 1 heterocycles. The number of imide groups is 1. The SMILES string of the molecule is CCCCCCCC/C=C\CCCCCCCC(=O)N(CCCCCCCCCCCCCC)[C@@]1(N(C(=O)CN)C(=O)CNC(=O)CN)C[C@@H](O)[C@H](O)[C@@H](CO)O1. The first-order valence-electron chi connectivity index (χ1n) is 22.8. The van der Waals surface area contributed by atoms with Gasteiger partial charge in [0.1, 0.15) is 12.2 Å². The second-order valence-corrected chi connectivity index (χ2v) is 15.9. The Labute approximate surface area is 345 Å². The first-order chi connectivity index (χ1) is 27.6. The second kappa shape index (κ2) is 33.4. The molecule has 1 rings (SSSR count). The lowest BCUT2D eigenvalue weighted by Crippen LogP contribution is -2.74. The van der Waals surface area contributed by atoms with Crippen molar-refractivity contribution in [3.63, 3.8) is 0 Å². The summed E-state index contributed by atoms with van der Waals surface area (Å²) >= 11 is 0. The minimum Gasteiger partial charge on any atom is -0.394 e. The number of aliphatic hydroxyl groups is 3. The van der Waals surface area contributed by atoms with Crippen LogP contribution in [0, 0.1) is 0 Å². The number of nitrogens with one attached hydrogen (secondary N) is 1. The van der Waals surface area contributed by atoms with Gasteiger partial charge in [0.05, 0.1) is 32.3 Å². The molecule has 1 saturated heterocycles. The van der Waals surface area contributed by atoms with Crippen molar-refractivity contribution in [1.82, 2.24) is 15.1 Å². The first-order valence-corrected chi connectivity index (χ1v) is 22.8. The molecule has 13 heteroatoms. The van der Waals surface area contributed by atoms with E-state index in [9.17, 15) is 34.5 Å². The molecule has 4 atom stereocenters. The van der Waals surface area contributed by atoms with Crippen LogP contribution in [-0.2, 0) is 23.9 Å². The molecule has 0 radical (unpaired) electrons. The normalized spacial score (nSPS) is 19.5. The van der Waals surface area contributed by atoms with Crippen LogP contribution < -0.4 is 16.8 Å². The zero-order valence-corrected chi connectivity index (χ0v) is 35.9. The van der Waals surface area contributed by atoms with Crippen LogP contribution in [0.1, 0.15) is 187 Å². The molecule has 8 N–H and O–H groups in total. The van der Waals surface area contributed by atoms with E-state index in [-0.39, 0.29) is 18.9 Å². The Morgan fingerprint density at radius 2 is 1.14 bits per heavy atom. The number of carbonyl (C=O) groups excluding carboxylic acids is 4. The van der Waals surface area contributed by atoms with E-state index in [1.54, 1.807) is 0 Å². The Hall–Kier alpha value is -2.42. The average molecular weight is 810 g/mol. The number of hydrogen-bond donors (Lipinski definition) is 6. The summed E-state index contributed by atoms with van der Waals surface area (Å²) in [5.41, 5.74) is 11.2. The van der Waals surface area contributed by atoms with Gasteiger partial charge < -0.3 is 36.8 Å². The smallest absolute Gasteiger partial charge is 0.252 e. The van der Waals surface area contributed by atoms with Crippen LogP contribution in [0.4, 0.5) is 0 Å². The summed E-state index contributed by atoms with van der Waals surface area (Å²) in [6.45, 7) is 2.12. The number of nitrogens with zero attached hydrogens (tertiary/aromatic N) is 2. The number of unbranched alkanes of at least 4 members (excludes halogenated alkanes) is 22. The lowest BCUT2D eigenvalue weighted by molar-refractivity contribution is -0.312. The summed E-state index contributed by atoms with van der Waals surface area (Å²) < 4.78 is 6.24. The van der Waals surface area contributed by atoms with Crippen molar-refractivity contribution >= 4 is 23.6 Å². The van der Waals surface area contributed by atoms with Crippen molar-refractivity contribution in [2.24, 2.45) is 11.5 Å². The van der Waals surface area contributed by atoms with Crippen molar-refractivity contribution in [1.29, 1.82) is 0 Å². The fourth-order valence-electron chi connectivity index (χ4n) is 7.62. The zero-order valence-electron chi connectivity index (χ0n) is 35.9. The maximum Gasteiger partial charge on any atom is 0.252 e. The molecule has 0 bridgehead atoms. The van der Waals surface area contributed by atoms with Gasteiger partial charge in [0.2, 0.25) is 23.6 Å². The van der Waals surface area contributed by atoms with Crippen LogP contribution in [0.3, 0.4) is 0 Å². The quantitative estimate of drug-likeness (QED) is 0.0246. The van der Waals surface area contributed by atoms with Crippen LogP contribution in [0.5, 0.6) is 0 Å². The number of allylic oxidation sites excluding steroid dienone is 2. The third-order valence-electron chi connectivity index (χ3n) is 11.0. The monoisotopic (exact) mass is 810 g/mol. The van der Waals surface area contributed by atoms with Crippen LogP contribution in [0.2, 0.25) is 0 Å². The fraction of sp³-hybridized carbons (Fsp3) is 0.864. The molecule has 1 fully saturated rings. The number of amides is 4. The Morgan fingerprint density at radius 1 is 0.667 bits per heavy atom. The molecule has 0 saturated carbocycles. The van der Waals surface area contributed by atoms with Crippen molar-refractivity contribution in [2.75, 3.05) is 32.8 Å². The summed E-state index contributed by atoms with van der Waals surface area (Å²) in [4.78, 5) is 55.7. The number of rotatable bonds is 35. The molecule has 0 aromatic heterocycles. The molecule has 0 unspecified atom stereocenters. The summed E-state index contributed by atoms with van der Waals surface area (Å²) in [6.07, 6.45) is 27.2. The van der Waals surface area contributed by atoms with E-state index in [1.807, 2.05) is 0 Å². The Balaban J connectivity index is 3.05. The van der Waals surface area contributed by atoms with Gasteiger partial charge in [-0.15, -0.1) is 0 Å². The lowest BCUT2D eigenvalue weighted by Gasteiger charge is -2.54. The number of ether oxygens (including phenoxy) is 1. The lowest BCUT2D eigenvalue weighted by atomic mass is 9.95. The van der Waals surface area contributed by atoms with Gasteiger partial charge in [-0.3, -0.25) is 24.1 Å². The van der Waals surface area contributed by atoms with Crippen molar-refractivity contribution < 1.29 is 39.2 Å². The minimum atomic E-state index is -2.20. The highest BCUT2D eigenvalue weighted by Crippen LogP contribution is 2.37. The van der Waals surface area contributed by atoms with Gasteiger partial charge >= 0.3 is 0 Å². The largest absolute Gasteiger partial charge is 0.394 e. The highest BCUT2D eigenvalue weighted by molar-refractivity contribution is 5.99. The zero-order chi connectivity index (χ0) is 42.2. The molecule has 13 nitrogen and oxygen atoms in total. The summed E-state index contributed by atoms with van der Waals surface area (Å²) in [5, 5.41) is 34.4. The van der Waals surface area contributed by atoms with Gasteiger partial charge in [-0.05, 0) is 38.5 Å². The van der Waals surface area contributed by atoms with Crippen LogP contribution >= 0.6 is 0 Å². The minimum absolute atomic E-state index is 0.0963. The number of carbonyl (C=O) groups is 4. The molecular formula is C44H83N5O8. The van der Waals surface area contributed by atoms with Gasteiger partial charge in [-0.1, -0.05) is 148 Å². The molecule has 4 amide bonds. The van der Waals surface area contributed by atoms with Gasteiger partial charge in [0, 0.05) is 19.4 Å². The number of aliphatic hydroxyl groups excluding tert-OH is 3. The third kappa shape index (κ3) is 21.4. The molecule has 0 spiro atoms. The van der Waals surface area contributed by atoms with E-state index >= 15 is 0 Å². The molecule has 1 aliphatic rings. The van der Waals surface area contributed by atoms with Crippen LogP contribution in [0.15, 0.2) is 12.2 Å². The molecule has 0 aromatic carbocycles. The Bertz CT molecular complexity index is 1110. The molecule has 1 aliphatic heterocycles.